The first kappa shape index (κ1) is 32.1. The lowest BCUT2D eigenvalue weighted by Gasteiger charge is -2.39. The van der Waals surface area contributed by atoms with E-state index < -0.39 is 6.10 Å². The van der Waals surface area contributed by atoms with Crippen molar-refractivity contribution in [3.63, 3.8) is 0 Å². The van der Waals surface area contributed by atoms with Crippen molar-refractivity contribution in [3.05, 3.63) is 53.6 Å². The number of hydrogen-bond donors (Lipinski definition) is 4. The standard InChI is InChI=1S/C31H48N2O7/c1-23(34)13-18-39-29-20-32-21-30(31(29)25-8-10-26(11-9-25)38-17-5-4-15-36-2)40-22-24-7-12-28(35)27(19-24)33-14-6-16-37-3/h7-12,19,23,29-35H,4-6,13-18,20-22H2,1-3H3/t23-,29+,30-,31-/m0/s1. The number of piperidine rings is 1. The average molecular weight is 561 g/mol. The molecule has 1 saturated heterocycles. The second-order valence-electron chi connectivity index (χ2n) is 10.3. The first-order chi connectivity index (χ1) is 19.5. The molecule has 1 fully saturated rings. The minimum absolute atomic E-state index is 0.00903. The number of aliphatic hydroxyl groups is 1. The summed E-state index contributed by atoms with van der Waals surface area (Å²) in [5.74, 6) is 1.06. The summed E-state index contributed by atoms with van der Waals surface area (Å²) in [5.41, 5.74) is 2.79. The molecule has 0 saturated carbocycles. The Bertz CT molecular complexity index is 957. The summed E-state index contributed by atoms with van der Waals surface area (Å²) < 4.78 is 28.9. The van der Waals surface area contributed by atoms with Crippen molar-refractivity contribution in [1.82, 2.24) is 5.32 Å². The molecule has 4 atom stereocenters. The van der Waals surface area contributed by atoms with E-state index in [1.807, 2.05) is 24.3 Å². The van der Waals surface area contributed by atoms with E-state index in [0.717, 1.165) is 42.7 Å². The van der Waals surface area contributed by atoms with E-state index >= 15 is 0 Å². The molecule has 0 bridgehead atoms. The van der Waals surface area contributed by atoms with E-state index in [1.54, 1.807) is 27.2 Å². The van der Waals surface area contributed by atoms with Gasteiger partial charge < -0.3 is 44.5 Å². The lowest BCUT2D eigenvalue weighted by atomic mass is 9.85. The fraction of sp³-hybridized carbons (Fsp3) is 0.613. The van der Waals surface area contributed by atoms with Crippen molar-refractivity contribution in [2.75, 3.05) is 65.6 Å². The van der Waals surface area contributed by atoms with Crippen LogP contribution in [-0.4, -0.2) is 88.8 Å². The highest BCUT2D eigenvalue weighted by Crippen LogP contribution is 2.33. The molecule has 40 heavy (non-hydrogen) atoms. The van der Waals surface area contributed by atoms with Crippen LogP contribution in [-0.2, 0) is 25.6 Å². The van der Waals surface area contributed by atoms with Crippen LogP contribution in [0.25, 0.3) is 0 Å². The molecule has 2 aromatic carbocycles. The quantitative estimate of drug-likeness (QED) is 0.149. The van der Waals surface area contributed by atoms with Crippen LogP contribution in [0.1, 0.15) is 49.7 Å². The topological polar surface area (TPSA) is 111 Å². The summed E-state index contributed by atoms with van der Waals surface area (Å²) in [4.78, 5) is 0. The Labute approximate surface area is 239 Å². The molecule has 9 nitrogen and oxygen atoms in total. The van der Waals surface area contributed by atoms with Crippen LogP contribution in [0.5, 0.6) is 11.5 Å². The summed E-state index contributed by atoms with van der Waals surface area (Å²) in [7, 11) is 3.39. The second-order valence-corrected chi connectivity index (χ2v) is 10.3. The molecule has 1 aliphatic rings. The minimum atomic E-state index is -0.408. The highest BCUT2D eigenvalue weighted by molar-refractivity contribution is 5.57. The Morgan fingerprint density at radius 3 is 2.33 bits per heavy atom. The van der Waals surface area contributed by atoms with Crippen molar-refractivity contribution < 1.29 is 33.9 Å². The molecular formula is C31H48N2O7. The fourth-order valence-corrected chi connectivity index (χ4v) is 4.79. The molecule has 3 rings (SSSR count). The largest absolute Gasteiger partial charge is 0.506 e. The molecule has 1 aliphatic heterocycles. The average Bonchev–Trinajstić information content (AvgIpc) is 2.95. The van der Waals surface area contributed by atoms with E-state index in [0.29, 0.717) is 58.2 Å². The van der Waals surface area contributed by atoms with E-state index in [4.69, 9.17) is 23.7 Å². The second kappa shape index (κ2) is 18.1. The van der Waals surface area contributed by atoms with E-state index in [9.17, 15) is 10.2 Å². The zero-order valence-electron chi connectivity index (χ0n) is 24.3. The van der Waals surface area contributed by atoms with Gasteiger partial charge in [0.05, 0.1) is 37.2 Å². The molecule has 0 aromatic heterocycles. The molecule has 0 radical (unpaired) electrons. The van der Waals surface area contributed by atoms with Crippen LogP contribution in [0, 0.1) is 0 Å². The molecule has 224 valence electrons. The molecular weight excluding hydrogens is 512 g/mol. The van der Waals surface area contributed by atoms with Crippen molar-refractivity contribution >= 4 is 5.69 Å². The molecule has 4 N–H and O–H groups in total. The Morgan fingerprint density at radius 2 is 1.60 bits per heavy atom. The van der Waals surface area contributed by atoms with Crippen LogP contribution in [0.4, 0.5) is 5.69 Å². The number of nitrogens with one attached hydrogen (secondary N) is 2. The smallest absolute Gasteiger partial charge is 0.138 e. The van der Waals surface area contributed by atoms with E-state index in [2.05, 4.69) is 22.8 Å². The van der Waals surface area contributed by atoms with Gasteiger partial charge in [-0.15, -0.1) is 0 Å². The van der Waals surface area contributed by atoms with E-state index in [1.165, 1.54) is 0 Å². The number of aliphatic hydroxyl groups excluding tert-OH is 1. The Hall–Kier alpha value is -2.40. The number of rotatable bonds is 19. The number of ether oxygens (including phenoxy) is 5. The Balaban J connectivity index is 1.67. The number of phenolic OH excluding ortho intramolecular Hbond substituents is 1. The fourth-order valence-electron chi connectivity index (χ4n) is 4.79. The van der Waals surface area contributed by atoms with Gasteiger partial charge in [0.1, 0.15) is 11.5 Å². The number of methoxy groups -OCH3 is 2. The van der Waals surface area contributed by atoms with Crippen molar-refractivity contribution in [2.45, 2.75) is 63.4 Å². The SMILES string of the molecule is COCCCCOc1ccc([C@@H]2[C@@H](OCc3ccc(O)c(NCCCOC)c3)CNC[C@H]2OCC[C@H](C)O)cc1. The normalized spacial score (nSPS) is 19.9. The van der Waals surface area contributed by atoms with Gasteiger partial charge >= 0.3 is 0 Å². The summed E-state index contributed by atoms with van der Waals surface area (Å²) in [6.07, 6.45) is 2.71. The zero-order chi connectivity index (χ0) is 28.6. The molecule has 0 spiro atoms. The van der Waals surface area contributed by atoms with Crippen LogP contribution >= 0.6 is 0 Å². The zero-order valence-corrected chi connectivity index (χ0v) is 24.3. The van der Waals surface area contributed by atoms with Gasteiger partial charge in [-0.3, -0.25) is 0 Å². The third-order valence-corrected chi connectivity index (χ3v) is 7.00. The summed E-state index contributed by atoms with van der Waals surface area (Å²) >= 11 is 0. The molecule has 9 heteroatoms. The van der Waals surface area contributed by atoms with Crippen LogP contribution in [0.3, 0.4) is 0 Å². The first-order valence-electron chi connectivity index (χ1n) is 14.4. The van der Waals surface area contributed by atoms with E-state index in [-0.39, 0.29) is 23.9 Å². The maximum atomic E-state index is 10.3. The van der Waals surface area contributed by atoms with Crippen LogP contribution < -0.4 is 15.4 Å². The van der Waals surface area contributed by atoms with Crippen LogP contribution in [0.15, 0.2) is 42.5 Å². The summed E-state index contributed by atoms with van der Waals surface area (Å²) in [5, 5.41) is 26.7. The van der Waals surface area contributed by atoms with Gasteiger partial charge in [-0.05, 0) is 68.0 Å². The predicted octanol–water partition coefficient (Wildman–Crippen LogP) is 4.07. The van der Waals surface area contributed by atoms with Gasteiger partial charge in [-0.2, -0.15) is 0 Å². The van der Waals surface area contributed by atoms with Crippen LogP contribution in [0.2, 0.25) is 0 Å². The minimum Gasteiger partial charge on any atom is -0.506 e. The van der Waals surface area contributed by atoms with Gasteiger partial charge in [0, 0.05) is 59.6 Å². The third-order valence-electron chi connectivity index (χ3n) is 7.00. The Morgan fingerprint density at radius 1 is 0.900 bits per heavy atom. The molecule has 0 aliphatic carbocycles. The summed E-state index contributed by atoms with van der Waals surface area (Å²) in [6, 6.07) is 13.7. The maximum Gasteiger partial charge on any atom is 0.138 e. The number of benzene rings is 2. The van der Waals surface area contributed by atoms with Gasteiger partial charge in [0.25, 0.3) is 0 Å². The molecule has 0 unspecified atom stereocenters. The number of anilines is 1. The Kier molecular flexibility index (Phi) is 14.5. The molecule has 1 heterocycles. The number of phenols is 1. The van der Waals surface area contributed by atoms with Gasteiger partial charge in [-0.1, -0.05) is 18.2 Å². The van der Waals surface area contributed by atoms with Gasteiger partial charge in [0.15, 0.2) is 0 Å². The summed E-state index contributed by atoms with van der Waals surface area (Å²) in [6.45, 7) is 6.82. The monoisotopic (exact) mass is 560 g/mol. The lowest BCUT2D eigenvalue weighted by molar-refractivity contribution is -0.0639. The third kappa shape index (κ3) is 10.9. The highest BCUT2D eigenvalue weighted by atomic mass is 16.5. The number of hydrogen-bond acceptors (Lipinski definition) is 9. The lowest BCUT2D eigenvalue weighted by Crippen LogP contribution is -2.50. The molecule has 2 aromatic rings. The maximum absolute atomic E-state index is 10.3. The molecule has 0 amide bonds. The van der Waals surface area contributed by atoms with Gasteiger partial charge in [-0.25, -0.2) is 0 Å². The van der Waals surface area contributed by atoms with Crippen molar-refractivity contribution in [1.29, 1.82) is 0 Å². The highest BCUT2D eigenvalue weighted by Gasteiger charge is 2.36. The number of aromatic hydroxyl groups is 1. The van der Waals surface area contributed by atoms with Gasteiger partial charge in [0.2, 0.25) is 0 Å². The number of unbranched alkanes of at least 4 members (excludes halogenated alkanes) is 1. The predicted molar refractivity (Wildman–Crippen MR) is 156 cm³/mol. The van der Waals surface area contributed by atoms with Crippen molar-refractivity contribution in [3.8, 4) is 11.5 Å². The van der Waals surface area contributed by atoms with Crippen molar-refractivity contribution in [2.24, 2.45) is 0 Å². The first-order valence-corrected chi connectivity index (χ1v) is 14.4.